The van der Waals surface area contributed by atoms with Crippen LogP contribution in [0, 0.1) is 0 Å². The molecule has 0 saturated carbocycles. The van der Waals surface area contributed by atoms with Gasteiger partial charge in [-0.15, -0.1) is 11.3 Å². The van der Waals surface area contributed by atoms with Crippen molar-refractivity contribution in [3.05, 3.63) is 23.2 Å². The average molecular weight is 211 g/mol. The van der Waals surface area contributed by atoms with Crippen LogP contribution in [0.1, 0.15) is 17.4 Å². The number of nitrogens with zero attached hydrogens (tertiary/aromatic N) is 1. The molecule has 0 aliphatic rings. The number of carbonyl (C=O) groups is 2. The third-order valence-corrected chi connectivity index (χ3v) is 2.06. The molecule has 0 spiro atoms. The van der Waals surface area contributed by atoms with Gasteiger partial charge < -0.3 is 5.73 Å². The van der Waals surface area contributed by atoms with Crippen LogP contribution in [0.3, 0.4) is 0 Å². The zero-order valence-corrected chi connectivity index (χ0v) is 8.30. The van der Waals surface area contributed by atoms with Gasteiger partial charge in [-0.3, -0.25) is 14.9 Å². The highest BCUT2D eigenvalue weighted by molar-refractivity contribution is 7.14. The minimum absolute atomic E-state index is 0.158. The van der Waals surface area contributed by atoms with E-state index in [1.807, 2.05) is 0 Å². The summed E-state index contributed by atoms with van der Waals surface area (Å²) in [5, 5.41) is 4.35. The molecular formula is C8H9N3O2S. The lowest BCUT2D eigenvalue weighted by Crippen LogP contribution is -2.12. The first-order chi connectivity index (χ1) is 6.63. The molecule has 0 aromatic carbocycles. The molecule has 1 aromatic heterocycles. The maximum Gasteiger partial charge on any atom is 0.268 e. The van der Waals surface area contributed by atoms with Gasteiger partial charge >= 0.3 is 0 Å². The third kappa shape index (κ3) is 2.67. The number of carbonyl (C=O) groups excluding carboxylic acids is 2. The van der Waals surface area contributed by atoms with Crippen molar-refractivity contribution in [1.82, 2.24) is 4.98 Å². The molecule has 1 rings (SSSR count). The van der Waals surface area contributed by atoms with Crippen LogP contribution < -0.4 is 11.1 Å². The van der Waals surface area contributed by atoms with E-state index in [-0.39, 0.29) is 11.6 Å². The highest BCUT2D eigenvalue weighted by Gasteiger charge is 2.07. The number of primary amides is 1. The van der Waals surface area contributed by atoms with Crippen LogP contribution in [0.2, 0.25) is 0 Å². The van der Waals surface area contributed by atoms with Gasteiger partial charge in [0.25, 0.3) is 5.91 Å². The smallest absolute Gasteiger partial charge is 0.268 e. The fourth-order valence-electron chi connectivity index (χ4n) is 0.743. The predicted molar refractivity (Wildman–Crippen MR) is 54.1 cm³/mol. The summed E-state index contributed by atoms with van der Waals surface area (Å²) >= 11 is 1.15. The van der Waals surface area contributed by atoms with Crippen molar-refractivity contribution in [2.45, 2.75) is 6.92 Å². The summed E-state index contributed by atoms with van der Waals surface area (Å²) in [5.41, 5.74) is 5.15. The van der Waals surface area contributed by atoms with Gasteiger partial charge in [0.05, 0.1) is 0 Å². The summed E-state index contributed by atoms with van der Waals surface area (Å²) in [6.07, 6.45) is 2.98. The molecule has 3 N–H and O–H groups in total. The zero-order valence-electron chi connectivity index (χ0n) is 7.48. The Bertz CT molecular complexity index is 384. The number of allylic oxidation sites excluding steroid dienone is 1. The standard InChI is InChI=1S/C8H9N3O2S/c1-2-3-6(12)11-8-10-5(4-14-8)7(9)13/h2-4H,1H3,(H2,9,13)(H,10,11,12)/b3-2+. The number of anilines is 1. The molecule has 0 radical (unpaired) electrons. The first-order valence-electron chi connectivity index (χ1n) is 3.82. The molecular weight excluding hydrogens is 202 g/mol. The second kappa shape index (κ2) is 4.52. The van der Waals surface area contributed by atoms with Crippen molar-refractivity contribution in [2.75, 3.05) is 5.32 Å². The maximum absolute atomic E-state index is 11.0. The van der Waals surface area contributed by atoms with Crippen molar-refractivity contribution in [2.24, 2.45) is 5.73 Å². The first kappa shape index (κ1) is 10.4. The van der Waals surface area contributed by atoms with E-state index in [0.717, 1.165) is 11.3 Å². The Hall–Kier alpha value is -1.69. The Morgan fingerprint density at radius 2 is 2.36 bits per heavy atom. The molecule has 0 bridgehead atoms. The van der Waals surface area contributed by atoms with Crippen LogP contribution in [-0.4, -0.2) is 16.8 Å². The zero-order chi connectivity index (χ0) is 10.6. The minimum Gasteiger partial charge on any atom is -0.364 e. The fourth-order valence-corrected chi connectivity index (χ4v) is 1.45. The summed E-state index contributed by atoms with van der Waals surface area (Å²) in [5.74, 6) is -0.884. The molecule has 1 aromatic rings. The number of nitrogens with one attached hydrogen (secondary N) is 1. The SMILES string of the molecule is C/C=C/C(=O)Nc1nc(C(N)=O)cs1. The summed E-state index contributed by atoms with van der Waals surface area (Å²) < 4.78 is 0. The topological polar surface area (TPSA) is 85.1 Å². The van der Waals surface area contributed by atoms with Gasteiger partial charge in [-0.2, -0.15) is 0 Å². The molecule has 0 saturated heterocycles. The molecule has 0 fully saturated rings. The van der Waals surface area contributed by atoms with E-state index in [2.05, 4.69) is 10.3 Å². The molecule has 0 aliphatic heterocycles. The largest absolute Gasteiger partial charge is 0.364 e. The van der Waals surface area contributed by atoms with Gasteiger partial charge in [0.15, 0.2) is 5.13 Å². The highest BCUT2D eigenvalue weighted by Crippen LogP contribution is 2.14. The molecule has 0 unspecified atom stereocenters. The Kier molecular flexibility index (Phi) is 3.35. The van der Waals surface area contributed by atoms with E-state index in [4.69, 9.17) is 5.73 Å². The van der Waals surface area contributed by atoms with Crippen molar-refractivity contribution in [3.63, 3.8) is 0 Å². The van der Waals surface area contributed by atoms with Crippen LogP contribution in [-0.2, 0) is 4.79 Å². The van der Waals surface area contributed by atoms with Crippen LogP contribution in [0.15, 0.2) is 17.5 Å². The summed E-state index contributed by atoms with van der Waals surface area (Å²) in [4.78, 5) is 25.5. The van der Waals surface area contributed by atoms with Gasteiger partial charge in [-0.1, -0.05) is 6.08 Å². The van der Waals surface area contributed by atoms with Gasteiger partial charge in [-0.05, 0) is 13.0 Å². The van der Waals surface area contributed by atoms with Gasteiger partial charge in [0.1, 0.15) is 5.69 Å². The van der Waals surface area contributed by atoms with Crippen LogP contribution >= 0.6 is 11.3 Å². The van der Waals surface area contributed by atoms with Crippen molar-refractivity contribution < 1.29 is 9.59 Å². The molecule has 2 amide bonds. The number of aromatic nitrogens is 1. The number of thiazole rings is 1. The lowest BCUT2D eigenvalue weighted by atomic mass is 10.5. The first-order valence-corrected chi connectivity index (χ1v) is 4.70. The van der Waals surface area contributed by atoms with Crippen molar-refractivity contribution >= 4 is 28.3 Å². The molecule has 0 aliphatic carbocycles. The van der Waals surface area contributed by atoms with E-state index in [1.165, 1.54) is 11.5 Å². The monoisotopic (exact) mass is 211 g/mol. The Balaban J connectivity index is 2.69. The number of hydrogen-bond donors (Lipinski definition) is 2. The van der Waals surface area contributed by atoms with Crippen molar-refractivity contribution in [1.29, 1.82) is 0 Å². The lowest BCUT2D eigenvalue weighted by molar-refractivity contribution is -0.111. The van der Waals surface area contributed by atoms with Crippen molar-refractivity contribution in [3.8, 4) is 0 Å². The Morgan fingerprint density at radius 1 is 1.64 bits per heavy atom. The number of amides is 2. The number of rotatable bonds is 3. The van der Waals surface area contributed by atoms with Crippen LogP contribution in [0.25, 0.3) is 0 Å². The second-order valence-electron chi connectivity index (χ2n) is 2.39. The van der Waals surface area contributed by atoms with Gasteiger partial charge in [0, 0.05) is 5.38 Å². The van der Waals surface area contributed by atoms with E-state index in [9.17, 15) is 9.59 Å². The predicted octanol–water partition coefficient (Wildman–Crippen LogP) is 0.757. The number of hydrogen-bond acceptors (Lipinski definition) is 4. The number of nitrogens with two attached hydrogens (primary N) is 1. The molecule has 14 heavy (non-hydrogen) atoms. The molecule has 0 atom stereocenters. The lowest BCUT2D eigenvalue weighted by Gasteiger charge is -1.93. The highest BCUT2D eigenvalue weighted by atomic mass is 32.1. The minimum atomic E-state index is -0.604. The quantitative estimate of drug-likeness (QED) is 0.724. The second-order valence-corrected chi connectivity index (χ2v) is 3.25. The van der Waals surface area contributed by atoms with Gasteiger partial charge in [-0.25, -0.2) is 4.98 Å². The molecule has 6 heteroatoms. The fraction of sp³-hybridized carbons (Fsp3) is 0.125. The van der Waals surface area contributed by atoms with E-state index >= 15 is 0 Å². The summed E-state index contributed by atoms with van der Waals surface area (Å²) in [6, 6.07) is 0. The third-order valence-electron chi connectivity index (χ3n) is 1.30. The average Bonchev–Trinajstić information content (AvgIpc) is 2.53. The van der Waals surface area contributed by atoms with E-state index in [1.54, 1.807) is 13.0 Å². The van der Waals surface area contributed by atoms with E-state index < -0.39 is 5.91 Å². The maximum atomic E-state index is 11.0. The van der Waals surface area contributed by atoms with Gasteiger partial charge in [0.2, 0.25) is 5.91 Å². The molecule has 1 heterocycles. The normalized spacial score (nSPS) is 10.4. The van der Waals surface area contributed by atoms with Crippen LogP contribution in [0.4, 0.5) is 5.13 Å². The molecule has 5 nitrogen and oxygen atoms in total. The summed E-state index contributed by atoms with van der Waals surface area (Å²) in [7, 11) is 0. The molecule has 74 valence electrons. The van der Waals surface area contributed by atoms with Crippen LogP contribution in [0.5, 0.6) is 0 Å². The summed E-state index contributed by atoms with van der Waals surface area (Å²) in [6.45, 7) is 1.73. The van der Waals surface area contributed by atoms with E-state index in [0.29, 0.717) is 5.13 Å². The Labute approximate surface area is 84.6 Å². The Morgan fingerprint density at radius 3 is 2.86 bits per heavy atom.